The van der Waals surface area contributed by atoms with Crippen molar-refractivity contribution in [1.29, 1.82) is 0 Å². The minimum atomic E-state index is -0.175. The third kappa shape index (κ3) is 4.12. The van der Waals surface area contributed by atoms with Crippen molar-refractivity contribution in [3.05, 3.63) is 35.6 Å². The van der Waals surface area contributed by atoms with Gasteiger partial charge in [0.2, 0.25) is 0 Å². The Bertz CT molecular complexity index is 403. The van der Waals surface area contributed by atoms with Crippen molar-refractivity contribution in [3.8, 4) is 0 Å². The van der Waals surface area contributed by atoms with Crippen LogP contribution in [0.1, 0.15) is 18.9 Å². The minimum absolute atomic E-state index is 0.175. The van der Waals surface area contributed by atoms with Gasteiger partial charge < -0.3 is 0 Å². The quantitative estimate of drug-likeness (QED) is 0.648. The Morgan fingerprint density at radius 3 is 2.89 bits per heavy atom. The van der Waals surface area contributed by atoms with E-state index in [1.807, 2.05) is 29.6 Å². The molecular formula is C14H21FN2S2. The minimum Gasteiger partial charge on any atom is -0.271 e. The van der Waals surface area contributed by atoms with E-state index in [2.05, 4.69) is 12.3 Å². The summed E-state index contributed by atoms with van der Waals surface area (Å²) in [5.41, 5.74) is 3.96. The van der Waals surface area contributed by atoms with Gasteiger partial charge in [0, 0.05) is 28.0 Å². The van der Waals surface area contributed by atoms with Crippen LogP contribution in [0.25, 0.3) is 0 Å². The Hall–Kier alpha value is -0.230. The Morgan fingerprint density at radius 1 is 1.42 bits per heavy atom. The molecule has 0 amide bonds. The molecule has 3 atom stereocenters. The Morgan fingerprint density at radius 2 is 2.21 bits per heavy atom. The Kier molecular flexibility index (Phi) is 6.01. The number of thioether (sulfide) groups is 2. The molecule has 5 heteroatoms. The van der Waals surface area contributed by atoms with Gasteiger partial charge in [0.25, 0.3) is 0 Å². The highest BCUT2D eigenvalue weighted by atomic mass is 32.2. The van der Waals surface area contributed by atoms with E-state index in [-0.39, 0.29) is 11.9 Å². The number of rotatable bonds is 5. The van der Waals surface area contributed by atoms with Crippen molar-refractivity contribution < 1.29 is 4.39 Å². The molecule has 1 aromatic carbocycles. The summed E-state index contributed by atoms with van der Waals surface area (Å²) in [4.78, 5) is 0. The molecule has 1 aliphatic heterocycles. The van der Waals surface area contributed by atoms with E-state index in [0.29, 0.717) is 10.5 Å². The highest BCUT2D eigenvalue weighted by Crippen LogP contribution is 2.35. The number of halogens is 1. The topological polar surface area (TPSA) is 38.0 Å². The van der Waals surface area contributed by atoms with Gasteiger partial charge >= 0.3 is 0 Å². The second-order valence-electron chi connectivity index (χ2n) is 4.76. The summed E-state index contributed by atoms with van der Waals surface area (Å²) in [6.45, 7) is 2.23. The highest BCUT2D eigenvalue weighted by molar-refractivity contribution is 8.07. The van der Waals surface area contributed by atoms with Gasteiger partial charge in [0.05, 0.1) is 0 Å². The Balaban J connectivity index is 2.06. The highest BCUT2D eigenvalue weighted by Gasteiger charge is 2.31. The zero-order chi connectivity index (χ0) is 13.7. The summed E-state index contributed by atoms with van der Waals surface area (Å²) < 4.78 is 13.2. The summed E-state index contributed by atoms with van der Waals surface area (Å²) in [5.74, 6) is 7.96. The number of hydrogen-bond acceptors (Lipinski definition) is 4. The van der Waals surface area contributed by atoms with E-state index < -0.39 is 0 Å². The monoisotopic (exact) mass is 300 g/mol. The number of nitrogens with two attached hydrogens (primary N) is 1. The standard InChI is InChI=1S/C14H21FN2S2/c1-2-13-14(19-7-6-18-13)12(17-16)9-10-4-3-5-11(15)8-10/h3-5,8,12-14,17H,2,6-7,9,16H2,1H3. The molecule has 1 heterocycles. The maximum Gasteiger partial charge on any atom is 0.123 e. The van der Waals surface area contributed by atoms with Gasteiger partial charge in [-0.1, -0.05) is 19.1 Å². The lowest BCUT2D eigenvalue weighted by molar-refractivity contribution is 0.489. The van der Waals surface area contributed by atoms with Crippen molar-refractivity contribution in [2.45, 2.75) is 36.3 Å². The molecule has 2 rings (SSSR count). The van der Waals surface area contributed by atoms with Crippen molar-refractivity contribution in [1.82, 2.24) is 5.43 Å². The smallest absolute Gasteiger partial charge is 0.123 e. The van der Waals surface area contributed by atoms with Crippen LogP contribution in [0.5, 0.6) is 0 Å². The van der Waals surface area contributed by atoms with E-state index in [4.69, 9.17) is 5.84 Å². The average Bonchev–Trinajstić information content (AvgIpc) is 2.45. The van der Waals surface area contributed by atoms with E-state index in [1.54, 1.807) is 12.1 Å². The maximum absolute atomic E-state index is 13.2. The number of hydrazine groups is 1. The molecule has 1 aromatic rings. The van der Waals surface area contributed by atoms with Gasteiger partial charge in [-0.2, -0.15) is 23.5 Å². The fourth-order valence-electron chi connectivity index (χ4n) is 2.50. The van der Waals surface area contributed by atoms with Gasteiger partial charge in [-0.15, -0.1) is 0 Å². The van der Waals surface area contributed by atoms with E-state index in [9.17, 15) is 4.39 Å². The predicted octanol–water partition coefficient (Wildman–Crippen LogP) is 2.83. The third-order valence-corrected chi connectivity index (χ3v) is 6.86. The normalized spacial score (nSPS) is 25.2. The summed E-state index contributed by atoms with van der Waals surface area (Å²) in [6, 6.07) is 7.01. The van der Waals surface area contributed by atoms with Crippen LogP contribution in [0.15, 0.2) is 24.3 Å². The van der Waals surface area contributed by atoms with Gasteiger partial charge in [0.1, 0.15) is 5.82 Å². The van der Waals surface area contributed by atoms with Gasteiger partial charge in [0.15, 0.2) is 0 Å². The lowest BCUT2D eigenvalue weighted by atomic mass is 10.0. The Labute approximate surface area is 123 Å². The first-order valence-electron chi connectivity index (χ1n) is 6.68. The SMILES string of the molecule is CCC1SCCSC1C(Cc1cccc(F)c1)NN. The number of hydrogen-bond donors (Lipinski definition) is 2. The van der Waals surface area contributed by atoms with Crippen LogP contribution in [0.4, 0.5) is 4.39 Å². The lowest BCUT2D eigenvalue weighted by Crippen LogP contribution is -2.49. The van der Waals surface area contributed by atoms with Crippen LogP contribution < -0.4 is 11.3 Å². The molecule has 1 fully saturated rings. The van der Waals surface area contributed by atoms with Crippen LogP contribution in [0, 0.1) is 5.82 Å². The molecule has 0 spiro atoms. The molecule has 3 unspecified atom stereocenters. The second kappa shape index (κ2) is 7.53. The first-order valence-corrected chi connectivity index (χ1v) is 8.78. The van der Waals surface area contributed by atoms with Crippen molar-refractivity contribution in [2.75, 3.05) is 11.5 Å². The average molecular weight is 300 g/mol. The molecule has 106 valence electrons. The number of benzene rings is 1. The van der Waals surface area contributed by atoms with Gasteiger partial charge in [-0.05, 0) is 30.5 Å². The largest absolute Gasteiger partial charge is 0.271 e. The molecule has 1 aliphatic rings. The van der Waals surface area contributed by atoms with Crippen LogP contribution >= 0.6 is 23.5 Å². The third-order valence-electron chi connectivity index (χ3n) is 3.45. The van der Waals surface area contributed by atoms with Gasteiger partial charge in [-0.3, -0.25) is 11.3 Å². The van der Waals surface area contributed by atoms with Crippen molar-refractivity contribution in [2.24, 2.45) is 5.84 Å². The zero-order valence-corrected chi connectivity index (χ0v) is 12.8. The molecule has 0 radical (unpaired) electrons. The molecule has 2 nitrogen and oxygen atoms in total. The number of nitrogens with one attached hydrogen (secondary N) is 1. The molecule has 0 aromatic heterocycles. The second-order valence-corrected chi connectivity index (χ2v) is 7.39. The van der Waals surface area contributed by atoms with E-state index >= 15 is 0 Å². The predicted molar refractivity (Wildman–Crippen MR) is 84.0 cm³/mol. The summed E-state index contributed by atoms with van der Waals surface area (Å²) >= 11 is 4.03. The molecule has 3 N–H and O–H groups in total. The van der Waals surface area contributed by atoms with Crippen LogP contribution in [0.3, 0.4) is 0 Å². The summed E-state index contributed by atoms with van der Waals surface area (Å²) in [5, 5.41) is 1.13. The first-order chi connectivity index (χ1) is 9.24. The van der Waals surface area contributed by atoms with Crippen LogP contribution in [-0.2, 0) is 6.42 Å². The van der Waals surface area contributed by atoms with Crippen LogP contribution in [-0.4, -0.2) is 28.0 Å². The van der Waals surface area contributed by atoms with Crippen LogP contribution in [0.2, 0.25) is 0 Å². The molecular weight excluding hydrogens is 279 g/mol. The molecule has 0 bridgehead atoms. The fraction of sp³-hybridized carbons (Fsp3) is 0.571. The maximum atomic E-state index is 13.2. The van der Waals surface area contributed by atoms with E-state index in [1.165, 1.54) is 17.6 Å². The molecule has 1 saturated heterocycles. The summed E-state index contributed by atoms with van der Waals surface area (Å²) in [7, 11) is 0. The van der Waals surface area contributed by atoms with E-state index in [0.717, 1.165) is 18.4 Å². The first kappa shape index (κ1) is 15.2. The molecule has 19 heavy (non-hydrogen) atoms. The van der Waals surface area contributed by atoms with Crippen molar-refractivity contribution >= 4 is 23.5 Å². The van der Waals surface area contributed by atoms with Gasteiger partial charge in [-0.25, -0.2) is 4.39 Å². The van der Waals surface area contributed by atoms with Crippen molar-refractivity contribution in [3.63, 3.8) is 0 Å². The zero-order valence-electron chi connectivity index (χ0n) is 11.1. The molecule has 0 aliphatic carbocycles. The lowest BCUT2D eigenvalue weighted by Gasteiger charge is -2.35. The summed E-state index contributed by atoms with van der Waals surface area (Å²) in [6.07, 6.45) is 1.94. The molecule has 0 saturated carbocycles. The fourth-order valence-corrected chi connectivity index (χ4v) is 5.74.